The normalized spacial score (nSPS) is 11.5. The first-order chi connectivity index (χ1) is 14.5. The quantitative estimate of drug-likeness (QED) is 0.379. The lowest BCUT2D eigenvalue weighted by Gasteiger charge is -2.19. The number of furan rings is 1. The molecule has 3 rings (SSSR count). The molecule has 164 valence electrons. The molecule has 1 aromatic carbocycles. The van der Waals surface area contributed by atoms with E-state index in [4.69, 9.17) is 27.6 Å². The Bertz CT molecular complexity index is 1300. The second kappa shape index (κ2) is 8.33. The number of hydrogen-bond donors (Lipinski definition) is 0. The van der Waals surface area contributed by atoms with Crippen LogP contribution in [0.1, 0.15) is 23.2 Å². The molecule has 0 spiro atoms. The first-order valence-corrected chi connectivity index (χ1v) is 11.0. The molecule has 3 aromatic rings. The maximum atomic E-state index is 13.1. The minimum absolute atomic E-state index is 0.00996. The number of sulfonamides is 1. The molecule has 1 amide bonds. The highest BCUT2D eigenvalue weighted by molar-refractivity contribution is 7.89. The largest absolute Gasteiger partial charge is 0.451 e. The molecule has 0 saturated carbocycles. The number of hydrogen-bond acceptors (Lipinski definition) is 7. The Kier molecular flexibility index (Phi) is 6.12. The molecule has 0 aliphatic heterocycles. The zero-order valence-electron chi connectivity index (χ0n) is 16.5. The van der Waals surface area contributed by atoms with E-state index in [-0.39, 0.29) is 50.1 Å². The summed E-state index contributed by atoms with van der Waals surface area (Å²) in [6.45, 7) is 2.73. The van der Waals surface area contributed by atoms with Crippen LogP contribution in [-0.2, 0) is 17.1 Å². The number of nitro benzene ring substituents is 1. The van der Waals surface area contributed by atoms with Gasteiger partial charge in [-0.15, -0.1) is 0 Å². The summed E-state index contributed by atoms with van der Waals surface area (Å²) in [5.41, 5.74) is -0.0974. The van der Waals surface area contributed by atoms with Gasteiger partial charge in [-0.2, -0.15) is 5.10 Å². The molecule has 0 aliphatic carbocycles. The summed E-state index contributed by atoms with van der Waals surface area (Å²) in [5, 5.41) is 15.3. The Hall–Kier alpha value is -2.89. The van der Waals surface area contributed by atoms with Gasteiger partial charge in [-0.1, -0.05) is 23.2 Å². The number of amides is 1. The number of nitro groups is 1. The van der Waals surface area contributed by atoms with Crippen LogP contribution in [0.15, 0.2) is 39.6 Å². The maximum Gasteiger partial charge on any atom is 0.303 e. The predicted molar refractivity (Wildman–Crippen MR) is 113 cm³/mol. The van der Waals surface area contributed by atoms with E-state index in [9.17, 15) is 23.3 Å². The van der Waals surface area contributed by atoms with E-state index >= 15 is 0 Å². The molecule has 0 unspecified atom stereocenters. The fourth-order valence-corrected chi connectivity index (χ4v) is 5.28. The van der Waals surface area contributed by atoms with Crippen molar-refractivity contribution in [2.75, 3.05) is 6.54 Å². The summed E-state index contributed by atoms with van der Waals surface area (Å²) in [4.78, 5) is 23.4. The van der Waals surface area contributed by atoms with E-state index in [1.54, 1.807) is 0 Å². The molecule has 2 heterocycles. The number of aromatic nitrogens is 2. The van der Waals surface area contributed by atoms with Crippen molar-refractivity contribution in [1.29, 1.82) is 0 Å². The third-order valence-corrected chi connectivity index (χ3v) is 7.19. The highest BCUT2D eigenvalue weighted by Crippen LogP contribution is 2.34. The average molecular weight is 487 g/mol. The minimum Gasteiger partial charge on any atom is -0.451 e. The van der Waals surface area contributed by atoms with E-state index in [0.29, 0.717) is 4.31 Å². The molecule has 0 fully saturated rings. The smallest absolute Gasteiger partial charge is 0.303 e. The van der Waals surface area contributed by atoms with Gasteiger partial charge in [-0.05, 0) is 38.1 Å². The van der Waals surface area contributed by atoms with Crippen LogP contribution in [0.4, 0.5) is 5.69 Å². The lowest BCUT2D eigenvalue weighted by molar-refractivity contribution is -0.384. The van der Waals surface area contributed by atoms with Crippen LogP contribution >= 0.6 is 23.2 Å². The fraction of sp³-hybridized carbons (Fsp3) is 0.222. The Labute approximate surface area is 187 Å². The molecule has 10 nitrogen and oxygen atoms in total. The van der Waals surface area contributed by atoms with Gasteiger partial charge in [0, 0.05) is 24.7 Å². The average Bonchev–Trinajstić information content (AvgIpc) is 3.27. The van der Waals surface area contributed by atoms with Crippen LogP contribution in [-0.4, -0.2) is 39.9 Å². The summed E-state index contributed by atoms with van der Waals surface area (Å²) in [7, 11) is -2.86. The molecular formula is C18H16Cl2N4O6S. The Morgan fingerprint density at radius 2 is 1.97 bits per heavy atom. The van der Waals surface area contributed by atoms with E-state index < -0.39 is 20.9 Å². The molecule has 0 atom stereocenters. The molecule has 13 heteroatoms. The molecule has 2 aromatic heterocycles. The molecule has 0 saturated heterocycles. The fourth-order valence-electron chi connectivity index (χ4n) is 3.02. The zero-order valence-corrected chi connectivity index (χ0v) is 18.8. The van der Waals surface area contributed by atoms with E-state index in [2.05, 4.69) is 5.10 Å². The predicted octanol–water partition coefficient (Wildman–Crippen LogP) is 4.05. The third-order valence-electron chi connectivity index (χ3n) is 4.40. The maximum absolute atomic E-state index is 13.1. The van der Waals surface area contributed by atoms with Crippen molar-refractivity contribution in [2.24, 2.45) is 7.05 Å². The van der Waals surface area contributed by atoms with Crippen LogP contribution in [0.25, 0.3) is 11.3 Å². The Morgan fingerprint density at radius 3 is 2.52 bits per heavy atom. The molecule has 0 N–H and O–H groups in total. The molecule has 31 heavy (non-hydrogen) atoms. The van der Waals surface area contributed by atoms with E-state index in [0.717, 1.165) is 6.07 Å². The van der Waals surface area contributed by atoms with E-state index in [1.165, 1.54) is 49.8 Å². The topological polar surface area (TPSA) is 129 Å². The molecule has 0 radical (unpaired) electrons. The van der Waals surface area contributed by atoms with Crippen molar-refractivity contribution in [3.8, 4) is 11.3 Å². The van der Waals surface area contributed by atoms with Gasteiger partial charge in [0.05, 0.1) is 16.2 Å². The van der Waals surface area contributed by atoms with Gasteiger partial charge in [0.25, 0.3) is 15.7 Å². The van der Waals surface area contributed by atoms with Crippen molar-refractivity contribution in [3.05, 3.63) is 62.1 Å². The summed E-state index contributed by atoms with van der Waals surface area (Å²) in [5.74, 6) is -1.26. The van der Waals surface area contributed by atoms with Crippen molar-refractivity contribution in [2.45, 2.75) is 18.7 Å². The highest BCUT2D eigenvalue weighted by Gasteiger charge is 2.35. The van der Waals surface area contributed by atoms with Crippen molar-refractivity contribution < 1.29 is 22.6 Å². The number of rotatable bonds is 6. The Morgan fingerprint density at radius 1 is 1.29 bits per heavy atom. The second-order valence-electron chi connectivity index (χ2n) is 6.39. The van der Waals surface area contributed by atoms with E-state index in [1.807, 2.05) is 0 Å². The van der Waals surface area contributed by atoms with Gasteiger partial charge < -0.3 is 4.42 Å². The number of benzene rings is 1. The zero-order chi connectivity index (χ0) is 23.1. The standard InChI is InChI=1S/C18H16Cl2N4O6S/c1-4-23(31(28,29)16-10(2)21-22(3)17(16)20)18(25)15-8-7-14(30-15)12-6-5-11(19)9-13(12)24(26)27/h5-9H,4H2,1-3H3. The SMILES string of the molecule is CCN(C(=O)c1ccc(-c2ccc(Cl)cc2[N+](=O)[O-])o1)S(=O)(=O)c1c(C)nn(C)c1Cl. The van der Waals surface area contributed by atoms with Gasteiger partial charge in [0.15, 0.2) is 5.76 Å². The number of aryl methyl sites for hydroxylation is 2. The van der Waals surface area contributed by atoms with Gasteiger partial charge in [0.1, 0.15) is 15.8 Å². The van der Waals surface area contributed by atoms with Crippen LogP contribution in [0.3, 0.4) is 0 Å². The number of carbonyl (C=O) groups is 1. The summed E-state index contributed by atoms with van der Waals surface area (Å²) >= 11 is 11.9. The van der Waals surface area contributed by atoms with Gasteiger partial charge in [-0.25, -0.2) is 12.7 Å². The lowest BCUT2D eigenvalue weighted by atomic mass is 10.1. The summed E-state index contributed by atoms with van der Waals surface area (Å²) < 4.78 is 33.5. The third kappa shape index (κ3) is 4.03. The molecular weight excluding hydrogens is 471 g/mol. The van der Waals surface area contributed by atoms with Crippen LogP contribution in [0.2, 0.25) is 10.2 Å². The van der Waals surface area contributed by atoms with Crippen LogP contribution in [0, 0.1) is 17.0 Å². The second-order valence-corrected chi connectivity index (χ2v) is 8.98. The first kappa shape index (κ1) is 22.8. The monoisotopic (exact) mass is 486 g/mol. The van der Waals surface area contributed by atoms with Crippen molar-refractivity contribution >= 4 is 44.8 Å². The van der Waals surface area contributed by atoms with Crippen molar-refractivity contribution in [1.82, 2.24) is 14.1 Å². The summed E-state index contributed by atoms with van der Waals surface area (Å²) in [6, 6.07) is 6.54. The van der Waals surface area contributed by atoms with Gasteiger partial charge in [0.2, 0.25) is 0 Å². The number of carbonyl (C=O) groups excluding carboxylic acids is 1. The minimum atomic E-state index is -4.34. The highest BCUT2D eigenvalue weighted by atomic mass is 35.5. The molecule has 0 bridgehead atoms. The lowest BCUT2D eigenvalue weighted by Crippen LogP contribution is -2.36. The first-order valence-electron chi connectivity index (χ1n) is 8.79. The summed E-state index contributed by atoms with van der Waals surface area (Å²) in [6.07, 6.45) is 0. The number of halogens is 2. The Balaban J connectivity index is 2.02. The van der Waals surface area contributed by atoms with Gasteiger partial charge >= 0.3 is 5.91 Å². The van der Waals surface area contributed by atoms with Crippen molar-refractivity contribution in [3.63, 3.8) is 0 Å². The number of nitrogens with zero attached hydrogens (tertiary/aromatic N) is 4. The molecule has 0 aliphatic rings. The van der Waals surface area contributed by atoms with Gasteiger partial charge in [-0.3, -0.25) is 19.6 Å². The van der Waals surface area contributed by atoms with Crippen LogP contribution < -0.4 is 0 Å². The van der Waals surface area contributed by atoms with Crippen LogP contribution in [0.5, 0.6) is 0 Å².